The lowest BCUT2D eigenvalue weighted by molar-refractivity contribution is -0.253. The first-order valence-electron chi connectivity index (χ1n) is 8.68. The van der Waals surface area contributed by atoms with Crippen LogP contribution in [0.2, 0.25) is 0 Å². The number of benzene rings is 2. The number of carboxylic acid groups (broad SMARTS) is 1. The largest absolute Gasteiger partial charge is 0.508 e. The summed E-state index contributed by atoms with van der Waals surface area (Å²) in [4.78, 5) is 32.7. The number of nitrogens with one attached hydrogen (secondary N) is 2. The molecule has 0 aliphatic rings. The SMILES string of the molecule is O=C(O)c1cc(O)ccc1C(=O)NCCCNOCc1ccc(O)cc1COO. The Bertz CT molecular complexity index is 856. The zero-order valence-corrected chi connectivity index (χ0v) is 15.4. The molecule has 0 bridgehead atoms. The van der Waals surface area contributed by atoms with E-state index in [9.17, 15) is 19.8 Å². The van der Waals surface area contributed by atoms with Crippen molar-refractivity contribution in [1.29, 1.82) is 0 Å². The van der Waals surface area contributed by atoms with Crippen molar-refractivity contribution in [2.45, 2.75) is 19.6 Å². The van der Waals surface area contributed by atoms with Crippen molar-refractivity contribution in [1.82, 2.24) is 10.8 Å². The molecular formula is C19H22N2O8. The van der Waals surface area contributed by atoms with E-state index in [1.165, 1.54) is 24.3 Å². The van der Waals surface area contributed by atoms with Crippen LogP contribution >= 0.6 is 0 Å². The number of hydrogen-bond donors (Lipinski definition) is 6. The van der Waals surface area contributed by atoms with E-state index >= 15 is 0 Å². The minimum absolute atomic E-state index is 0.0366. The van der Waals surface area contributed by atoms with E-state index < -0.39 is 11.9 Å². The van der Waals surface area contributed by atoms with Crippen LogP contribution in [0.25, 0.3) is 0 Å². The lowest BCUT2D eigenvalue weighted by Crippen LogP contribution is -2.28. The van der Waals surface area contributed by atoms with Crippen LogP contribution in [-0.4, -0.2) is 45.5 Å². The van der Waals surface area contributed by atoms with Crippen LogP contribution in [0.1, 0.15) is 38.3 Å². The Morgan fingerprint density at radius 1 is 0.897 bits per heavy atom. The van der Waals surface area contributed by atoms with Gasteiger partial charge in [-0.3, -0.25) is 14.9 Å². The molecule has 10 nitrogen and oxygen atoms in total. The maximum Gasteiger partial charge on any atom is 0.336 e. The maximum atomic E-state index is 12.1. The summed E-state index contributed by atoms with van der Waals surface area (Å²) in [6, 6.07) is 8.11. The predicted octanol–water partition coefficient (Wildman–Crippen LogP) is 1.63. The minimum atomic E-state index is -1.30. The summed E-state index contributed by atoms with van der Waals surface area (Å²) in [7, 11) is 0. The van der Waals surface area contributed by atoms with Gasteiger partial charge in [0.15, 0.2) is 0 Å². The van der Waals surface area contributed by atoms with E-state index in [1.54, 1.807) is 6.07 Å². The first-order valence-corrected chi connectivity index (χ1v) is 8.68. The third-order valence-corrected chi connectivity index (χ3v) is 3.96. The van der Waals surface area contributed by atoms with Crippen LogP contribution < -0.4 is 10.8 Å². The maximum absolute atomic E-state index is 12.1. The van der Waals surface area contributed by atoms with Crippen LogP contribution in [0.4, 0.5) is 0 Å². The molecule has 156 valence electrons. The topological polar surface area (TPSA) is 158 Å². The number of aromatic hydroxyl groups is 2. The van der Waals surface area contributed by atoms with E-state index in [0.717, 1.165) is 6.07 Å². The van der Waals surface area contributed by atoms with E-state index in [-0.39, 0.29) is 42.4 Å². The van der Waals surface area contributed by atoms with Crippen LogP contribution in [-0.2, 0) is 22.9 Å². The Morgan fingerprint density at radius 3 is 2.34 bits per heavy atom. The fourth-order valence-corrected chi connectivity index (χ4v) is 2.52. The van der Waals surface area contributed by atoms with E-state index in [2.05, 4.69) is 15.7 Å². The van der Waals surface area contributed by atoms with Gasteiger partial charge >= 0.3 is 5.97 Å². The molecule has 0 saturated carbocycles. The van der Waals surface area contributed by atoms with Crippen LogP contribution in [0.3, 0.4) is 0 Å². The Morgan fingerprint density at radius 2 is 1.62 bits per heavy atom. The average Bonchev–Trinajstić information content (AvgIpc) is 2.68. The summed E-state index contributed by atoms with van der Waals surface area (Å²) in [5.41, 5.74) is 3.70. The Hall–Kier alpha value is -3.18. The molecule has 29 heavy (non-hydrogen) atoms. The summed E-state index contributed by atoms with van der Waals surface area (Å²) in [5.74, 6) is -2.05. The normalized spacial score (nSPS) is 10.7. The van der Waals surface area contributed by atoms with Gasteiger partial charge in [0.05, 0.1) is 17.7 Å². The standard InChI is InChI=1S/C19H22N2O8/c22-14-3-2-12(13(8-14)11-29-27)10-28-21-7-1-6-20-18(24)16-5-4-15(23)9-17(16)19(25)26/h2-5,8-9,21-23,27H,1,6-7,10-11H2,(H,20,24)(H,25,26). The molecule has 0 heterocycles. The number of phenols is 2. The molecular weight excluding hydrogens is 384 g/mol. The number of carbonyl (C=O) groups is 2. The molecule has 6 N–H and O–H groups in total. The van der Waals surface area contributed by atoms with Gasteiger partial charge < -0.3 is 20.6 Å². The second-order valence-corrected chi connectivity index (χ2v) is 6.05. The van der Waals surface area contributed by atoms with Crippen molar-refractivity contribution in [2.75, 3.05) is 13.1 Å². The number of rotatable bonds is 11. The molecule has 2 aromatic rings. The highest BCUT2D eigenvalue weighted by atomic mass is 17.1. The smallest absolute Gasteiger partial charge is 0.336 e. The molecule has 0 aliphatic carbocycles. The van der Waals surface area contributed by atoms with E-state index in [4.69, 9.17) is 15.2 Å². The average molecular weight is 406 g/mol. The molecule has 0 unspecified atom stereocenters. The number of carboxylic acids is 1. The van der Waals surface area contributed by atoms with Gasteiger partial charge in [0.1, 0.15) is 18.1 Å². The Balaban J connectivity index is 1.72. The second kappa shape index (κ2) is 11.0. The van der Waals surface area contributed by atoms with Gasteiger partial charge in [0, 0.05) is 13.1 Å². The van der Waals surface area contributed by atoms with Crippen molar-refractivity contribution in [3.8, 4) is 11.5 Å². The highest BCUT2D eigenvalue weighted by Gasteiger charge is 2.16. The zero-order chi connectivity index (χ0) is 21.2. The number of phenolic OH excluding ortho intramolecular Hbond substituents is 2. The number of hydrogen-bond acceptors (Lipinski definition) is 8. The van der Waals surface area contributed by atoms with Crippen molar-refractivity contribution < 1.29 is 39.9 Å². The highest BCUT2D eigenvalue weighted by Crippen LogP contribution is 2.18. The molecule has 0 aromatic heterocycles. The second-order valence-electron chi connectivity index (χ2n) is 6.05. The van der Waals surface area contributed by atoms with Crippen molar-refractivity contribution in [3.63, 3.8) is 0 Å². The summed E-state index contributed by atoms with van der Waals surface area (Å²) in [5, 5.41) is 39.1. The first-order chi connectivity index (χ1) is 13.9. The summed E-state index contributed by atoms with van der Waals surface area (Å²) >= 11 is 0. The number of aromatic carboxylic acids is 1. The number of carbonyl (C=O) groups excluding carboxylic acids is 1. The highest BCUT2D eigenvalue weighted by molar-refractivity contribution is 6.05. The van der Waals surface area contributed by atoms with Gasteiger partial charge in [0.25, 0.3) is 5.91 Å². The zero-order valence-electron chi connectivity index (χ0n) is 15.4. The van der Waals surface area contributed by atoms with Crippen molar-refractivity contribution >= 4 is 11.9 Å². The molecule has 0 aliphatic heterocycles. The molecule has 0 saturated heterocycles. The van der Waals surface area contributed by atoms with Crippen LogP contribution in [0, 0.1) is 0 Å². The van der Waals surface area contributed by atoms with Gasteiger partial charge in [-0.05, 0) is 47.9 Å². The van der Waals surface area contributed by atoms with Gasteiger partial charge in [0.2, 0.25) is 0 Å². The van der Waals surface area contributed by atoms with Crippen molar-refractivity contribution in [3.05, 3.63) is 58.7 Å². The molecule has 2 aromatic carbocycles. The lowest BCUT2D eigenvalue weighted by atomic mass is 10.1. The quantitative estimate of drug-likeness (QED) is 0.185. The molecule has 0 spiro atoms. The first kappa shape index (κ1) is 22.1. The molecule has 0 atom stereocenters. The minimum Gasteiger partial charge on any atom is -0.508 e. The molecule has 10 heteroatoms. The van der Waals surface area contributed by atoms with Gasteiger partial charge in [-0.15, -0.1) is 0 Å². The predicted molar refractivity (Wildman–Crippen MR) is 100 cm³/mol. The summed E-state index contributed by atoms with van der Waals surface area (Å²) in [6.45, 7) is 0.763. The number of amides is 1. The fraction of sp³-hybridized carbons (Fsp3) is 0.263. The van der Waals surface area contributed by atoms with Crippen molar-refractivity contribution in [2.24, 2.45) is 0 Å². The molecule has 0 radical (unpaired) electrons. The molecule has 1 amide bonds. The summed E-state index contributed by atoms with van der Waals surface area (Å²) in [6.07, 6.45) is 0.508. The van der Waals surface area contributed by atoms with Gasteiger partial charge in [-0.25, -0.2) is 15.2 Å². The third kappa shape index (κ3) is 6.73. The van der Waals surface area contributed by atoms with E-state index in [1.807, 2.05) is 0 Å². The molecule has 2 rings (SSSR count). The molecule has 0 fully saturated rings. The monoisotopic (exact) mass is 406 g/mol. The third-order valence-electron chi connectivity index (χ3n) is 3.96. The Labute approximate surface area is 166 Å². The summed E-state index contributed by atoms with van der Waals surface area (Å²) < 4.78 is 0. The fourth-order valence-electron chi connectivity index (χ4n) is 2.52. The van der Waals surface area contributed by atoms with Gasteiger partial charge in [-0.1, -0.05) is 6.07 Å². The number of hydroxylamine groups is 1. The van der Waals surface area contributed by atoms with Crippen LogP contribution in [0.15, 0.2) is 36.4 Å². The van der Waals surface area contributed by atoms with Crippen LogP contribution in [0.5, 0.6) is 11.5 Å². The Kier molecular flexibility index (Phi) is 8.37. The van der Waals surface area contributed by atoms with Gasteiger partial charge in [-0.2, -0.15) is 0 Å². The van der Waals surface area contributed by atoms with E-state index in [0.29, 0.717) is 24.1 Å². The lowest BCUT2D eigenvalue weighted by Gasteiger charge is -2.11.